The summed E-state index contributed by atoms with van der Waals surface area (Å²) in [6.45, 7) is 1.91. The van der Waals surface area contributed by atoms with Crippen molar-refractivity contribution in [3.8, 4) is 0 Å². The molecule has 0 aliphatic heterocycles. The van der Waals surface area contributed by atoms with E-state index < -0.39 is 23.9 Å². The van der Waals surface area contributed by atoms with Crippen LogP contribution in [0.5, 0.6) is 0 Å². The summed E-state index contributed by atoms with van der Waals surface area (Å²) in [7, 11) is 0. The number of rotatable bonds is 6. The van der Waals surface area contributed by atoms with E-state index in [1.54, 1.807) is 24.3 Å². The van der Waals surface area contributed by atoms with Gasteiger partial charge in [0.2, 0.25) is 0 Å². The minimum atomic E-state index is -0.789. The Kier molecular flexibility index (Phi) is 7.24. The van der Waals surface area contributed by atoms with Gasteiger partial charge in [-0.2, -0.15) is 11.8 Å². The quantitative estimate of drug-likeness (QED) is 0.572. The number of thioether (sulfide) groups is 1. The largest absolute Gasteiger partial charge is 0.352 e. The molecular formula is C14H20N4O3S. The highest BCUT2D eigenvalue weighted by Gasteiger charge is 2.19. The number of hydrogen-bond acceptors (Lipinski definition) is 4. The van der Waals surface area contributed by atoms with Crippen molar-refractivity contribution in [3.05, 3.63) is 35.4 Å². The number of amides is 4. The predicted octanol–water partition coefficient (Wildman–Crippen LogP) is 0.546. The number of carbonyl (C=O) groups excluding carboxylic acids is 3. The molecule has 4 amide bonds. The van der Waals surface area contributed by atoms with Crippen LogP contribution in [0.25, 0.3) is 0 Å². The molecule has 7 nitrogen and oxygen atoms in total. The van der Waals surface area contributed by atoms with Crippen molar-refractivity contribution in [2.24, 2.45) is 5.73 Å². The Morgan fingerprint density at radius 2 is 1.82 bits per heavy atom. The third-order valence-electron chi connectivity index (χ3n) is 2.86. The average molecular weight is 324 g/mol. The molecule has 0 aromatic heterocycles. The number of hydrogen-bond donors (Lipinski definition) is 4. The number of carbonyl (C=O) groups is 3. The molecule has 0 saturated heterocycles. The van der Waals surface area contributed by atoms with Crippen LogP contribution < -0.4 is 21.9 Å². The maximum absolute atomic E-state index is 12.0. The van der Waals surface area contributed by atoms with Crippen LogP contribution in [0.1, 0.15) is 22.3 Å². The smallest absolute Gasteiger partial charge is 0.312 e. The van der Waals surface area contributed by atoms with E-state index in [0.717, 1.165) is 5.56 Å². The van der Waals surface area contributed by atoms with Gasteiger partial charge in [0, 0.05) is 5.56 Å². The predicted molar refractivity (Wildman–Crippen MR) is 86.3 cm³/mol. The second-order valence-electron chi connectivity index (χ2n) is 4.65. The summed E-state index contributed by atoms with van der Waals surface area (Å²) in [5.41, 5.74) is 11.1. The van der Waals surface area contributed by atoms with Crippen molar-refractivity contribution in [2.75, 3.05) is 12.0 Å². The monoisotopic (exact) mass is 324 g/mol. The van der Waals surface area contributed by atoms with Crippen LogP contribution in [-0.4, -0.2) is 35.9 Å². The van der Waals surface area contributed by atoms with Gasteiger partial charge in [0.15, 0.2) is 0 Å². The van der Waals surface area contributed by atoms with E-state index in [0.29, 0.717) is 17.7 Å². The highest BCUT2D eigenvalue weighted by molar-refractivity contribution is 7.98. The van der Waals surface area contributed by atoms with E-state index in [4.69, 9.17) is 5.73 Å². The average Bonchev–Trinajstić information content (AvgIpc) is 2.49. The van der Waals surface area contributed by atoms with Gasteiger partial charge < -0.3 is 11.1 Å². The second-order valence-corrected chi connectivity index (χ2v) is 5.64. The van der Waals surface area contributed by atoms with Gasteiger partial charge in [0.1, 0.15) is 6.04 Å². The van der Waals surface area contributed by atoms with Crippen molar-refractivity contribution in [2.45, 2.75) is 19.4 Å². The van der Waals surface area contributed by atoms with Gasteiger partial charge in [-0.15, -0.1) is 0 Å². The Morgan fingerprint density at radius 3 is 2.36 bits per heavy atom. The van der Waals surface area contributed by atoms with Crippen LogP contribution in [-0.2, 0) is 4.79 Å². The molecule has 0 heterocycles. The number of nitrogens with one attached hydrogen (secondary N) is 3. The molecule has 22 heavy (non-hydrogen) atoms. The lowest BCUT2D eigenvalue weighted by Crippen LogP contribution is -2.53. The van der Waals surface area contributed by atoms with E-state index in [2.05, 4.69) is 16.2 Å². The Bertz CT molecular complexity index is 533. The second kappa shape index (κ2) is 8.93. The first-order chi connectivity index (χ1) is 10.4. The molecular weight excluding hydrogens is 304 g/mol. The lowest BCUT2D eigenvalue weighted by molar-refractivity contribution is -0.123. The number of urea groups is 1. The summed E-state index contributed by atoms with van der Waals surface area (Å²) >= 11 is 1.54. The molecule has 0 bridgehead atoms. The molecule has 8 heteroatoms. The summed E-state index contributed by atoms with van der Waals surface area (Å²) in [5.74, 6) is -0.283. The maximum atomic E-state index is 12.0. The molecule has 0 saturated carbocycles. The summed E-state index contributed by atoms with van der Waals surface area (Å²) < 4.78 is 0. The summed E-state index contributed by atoms with van der Waals surface area (Å²) in [6, 6.07) is 5.33. The van der Waals surface area contributed by atoms with Crippen LogP contribution in [0.4, 0.5) is 4.79 Å². The van der Waals surface area contributed by atoms with E-state index in [9.17, 15) is 14.4 Å². The fourth-order valence-electron chi connectivity index (χ4n) is 1.66. The first kappa shape index (κ1) is 17.8. The van der Waals surface area contributed by atoms with Crippen LogP contribution in [0.2, 0.25) is 0 Å². The highest BCUT2D eigenvalue weighted by Crippen LogP contribution is 2.03. The van der Waals surface area contributed by atoms with Crippen LogP contribution >= 0.6 is 11.8 Å². The van der Waals surface area contributed by atoms with Crippen molar-refractivity contribution in [3.63, 3.8) is 0 Å². The first-order valence-electron chi connectivity index (χ1n) is 6.65. The summed E-state index contributed by atoms with van der Waals surface area (Å²) in [5, 5.41) is 2.35. The van der Waals surface area contributed by atoms with Gasteiger partial charge in [-0.25, -0.2) is 4.79 Å². The Labute approximate surface area is 133 Å². The van der Waals surface area contributed by atoms with Gasteiger partial charge in [0.25, 0.3) is 11.8 Å². The first-order valence-corrected chi connectivity index (χ1v) is 8.05. The Morgan fingerprint density at radius 1 is 1.18 bits per heavy atom. The molecule has 0 aliphatic rings. The molecule has 120 valence electrons. The van der Waals surface area contributed by atoms with Gasteiger partial charge in [-0.1, -0.05) is 17.7 Å². The fourth-order valence-corrected chi connectivity index (χ4v) is 2.13. The van der Waals surface area contributed by atoms with Crippen LogP contribution in [0, 0.1) is 6.92 Å². The Balaban J connectivity index is 2.55. The van der Waals surface area contributed by atoms with Crippen molar-refractivity contribution in [1.82, 2.24) is 16.2 Å². The maximum Gasteiger partial charge on any atom is 0.312 e. The highest BCUT2D eigenvalue weighted by atomic mass is 32.2. The normalized spacial score (nSPS) is 11.4. The lowest BCUT2D eigenvalue weighted by Gasteiger charge is -2.17. The summed E-state index contributed by atoms with van der Waals surface area (Å²) in [6.07, 6.45) is 2.30. The van der Waals surface area contributed by atoms with Crippen LogP contribution in [0.3, 0.4) is 0 Å². The molecule has 0 radical (unpaired) electrons. The third kappa shape index (κ3) is 6.04. The standard InChI is InChI=1S/C14H20N4O3S/c1-9-3-5-10(6-4-9)12(19)17-18-13(20)11(7-8-22-2)16-14(15)21/h3-6,11H,7-8H2,1-2H3,(H,17,19)(H,18,20)(H3,15,16,21)/t11-/m0/s1. The molecule has 0 fully saturated rings. The molecule has 1 aromatic carbocycles. The molecule has 5 N–H and O–H groups in total. The van der Waals surface area contributed by atoms with Gasteiger partial charge in [-0.05, 0) is 37.5 Å². The molecule has 0 aliphatic carbocycles. The third-order valence-corrected chi connectivity index (χ3v) is 3.50. The summed E-state index contributed by atoms with van der Waals surface area (Å²) in [4.78, 5) is 34.8. The van der Waals surface area contributed by atoms with Gasteiger partial charge in [-0.3, -0.25) is 20.4 Å². The minimum Gasteiger partial charge on any atom is -0.352 e. The number of nitrogens with two attached hydrogens (primary N) is 1. The zero-order chi connectivity index (χ0) is 16.5. The fraction of sp³-hybridized carbons (Fsp3) is 0.357. The van der Waals surface area contributed by atoms with Crippen molar-refractivity contribution in [1.29, 1.82) is 0 Å². The zero-order valence-electron chi connectivity index (χ0n) is 12.5. The van der Waals surface area contributed by atoms with Gasteiger partial charge >= 0.3 is 6.03 Å². The zero-order valence-corrected chi connectivity index (χ0v) is 13.3. The van der Waals surface area contributed by atoms with Gasteiger partial charge in [0.05, 0.1) is 0 Å². The lowest BCUT2D eigenvalue weighted by atomic mass is 10.1. The Hall–Kier alpha value is -2.22. The minimum absolute atomic E-state index is 0.413. The van der Waals surface area contributed by atoms with E-state index in [1.165, 1.54) is 11.8 Å². The molecule has 0 spiro atoms. The van der Waals surface area contributed by atoms with E-state index >= 15 is 0 Å². The molecule has 1 atom stereocenters. The number of aryl methyl sites for hydroxylation is 1. The molecule has 1 rings (SSSR count). The van der Waals surface area contributed by atoms with E-state index in [1.807, 2.05) is 13.2 Å². The SMILES string of the molecule is CSCC[C@H](NC(N)=O)C(=O)NNC(=O)c1ccc(C)cc1. The number of hydrazine groups is 1. The van der Waals surface area contributed by atoms with Crippen molar-refractivity contribution >= 4 is 29.6 Å². The molecule has 0 unspecified atom stereocenters. The van der Waals surface area contributed by atoms with E-state index in [-0.39, 0.29) is 0 Å². The number of benzene rings is 1. The van der Waals surface area contributed by atoms with Crippen molar-refractivity contribution < 1.29 is 14.4 Å². The molecule has 1 aromatic rings. The van der Waals surface area contributed by atoms with Crippen LogP contribution in [0.15, 0.2) is 24.3 Å². The number of primary amides is 1. The topological polar surface area (TPSA) is 113 Å².